The lowest BCUT2D eigenvalue weighted by molar-refractivity contribution is 0.0526. The van der Waals surface area contributed by atoms with E-state index in [2.05, 4.69) is 9.97 Å². The van der Waals surface area contributed by atoms with Gasteiger partial charge < -0.3 is 4.74 Å². The Morgan fingerprint density at radius 3 is 2.90 bits per heavy atom. The molecule has 0 saturated heterocycles. The van der Waals surface area contributed by atoms with Gasteiger partial charge in [0.25, 0.3) is 0 Å². The van der Waals surface area contributed by atoms with Crippen LogP contribution in [0.2, 0.25) is 0 Å². The molecule has 3 aromatic rings. The third-order valence-electron chi connectivity index (χ3n) is 3.19. The molecular weight excluding hydrogens is 264 g/mol. The zero-order valence-corrected chi connectivity index (χ0v) is 11.6. The molecule has 0 N–H and O–H groups in total. The standard InChI is InChI=1S/C17H14N2O2/c1-2-21-17(20)13-5-3-4-12(8-13)14-9-15-10-18-7-6-16(15)19-11-14/h3-11H,2H2,1H3. The molecule has 0 aliphatic carbocycles. The molecule has 4 heteroatoms. The lowest BCUT2D eigenvalue weighted by Crippen LogP contribution is -2.04. The van der Waals surface area contributed by atoms with Crippen molar-refractivity contribution in [2.45, 2.75) is 6.92 Å². The summed E-state index contributed by atoms with van der Waals surface area (Å²) < 4.78 is 5.02. The van der Waals surface area contributed by atoms with Crippen molar-refractivity contribution in [1.29, 1.82) is 0 Å². The number of rotatable bonds is 3. The molecular formula is C17H14N2O2. The van der Waals surface area contributed by atoms with E-state index in [4.69, 9.17) is 4.74 Å². The van der Waals surface area contributed by atoms with Gasteiger partial charge in [-0.05, 0) is 36.8 Å². The van der Waals surface area contributed by atoms with E-state index >= 15 is 0 Å². The van der Waals surface area contributed by atoms with Crippen molar-refractivity contribution in [2.24, 2.45) is 0 Å². The Morgan fingerprint density at radius 1 is 1.14 bits per heavy atom. The summed E-state index contributed by atoms with van der Waals surface area (Å²) in [5.74, 6) is -0.310. The van der Waals surface area contributed by atoms with Crippen molar-refractivity contribution in [3.05, 3.63) is 60.6 Å². The topological polar surface area (TPSA) is 52.1 Å². The van der Waals surface area contributed by atoms with Crippen molar-refractivity contribution in [3.8, 4) is 11.1 Å². The Balaban J connectivity index is 2.02. The third kappa shape index (κ3) is 2.74. The number of hydrogen-bond donors (Lipinski definition) is 0. The van der Waals surface area contributed by atoms with Gasteiger partial charge in [0.2, 0.25) is 0 Å². The maximum absolute atomic E-state index is 11.8. The SMILES string of the molecule is CCOC(=O)c1cccc(-c2cnc3ccncc3c2)c1. The van der Waals surface area contributed by atoms with Gasteiger partial charge >= 0.3 is 5.97 Å². The van der Waals surface area contributed by atoms with E-state index in [0.29, 0.717) is 12.2 Å². The van der Waals surface area contributed by atoms with Gasteiger partial charge in [-0.15, -0.1) is 0 Å². The van der Waals surface area contributed by atoms with Crippen molar-refractivity contribution in [2.75, 3.05) is 6.61 Å². The summed E-state index contributed by atoms with van der Waals surface area (Å²) in [4.78, 5) is 20.3. The van der Waals surface area contributed by atoms with E-state index in [-0.39, 0.29) is 5.97 Å². The first-order valence-corrected chi connectivity index (χ1v) is 6.75. The fraction of sp³-hybridized carbons (Fsp3) is 0.118. The number of ether oxygens (including phenoxy) is 1. The molecule has 4 nitrogen and oxygen atoms in total. The van der Waals surface area contributed by atoms with Crippen LogP contribution in [-0.4, -0.2) is 22.5 Å². The van der Waals surface area contributed by atoms with Gasteiger partial charge in [0, 0.05) is 29.5 Å². The predicted molar refractivity (Wildman–Crippen MR) is 80.9 cm³/mol. The second-order valence-corrected chi connectivity index (χ2v) is 4.59. The molecule has 104 valence electrons. The van der Waals surface area contributed by atoms with Gasteiger partial charge in [-0.1, -0.05) is 12.1 Å². The highest BCUT2D eigenvalue weighted by molar-refractivity contribution is 5.91. The highest BCUT2D eigenvalue weighted by Gasteiger charge is 2.08. The summed E-state index contributed by atoms with van der Waals surface area (Å²) in [5.41, 5.74) is 3.32. The Labute approximate surface area is 122 Å². The molecule has 21 heavy (non-hydrogen) atoms. The number of fused-ring (bicyclic) bond motifs is 1. The molecule has 0 unspecified atom stereocenters. The van der Waals surface area contributed by atoms with Crippen LogP contribution < -0.4 is 0 Å². The lowest BCUT2D eigenvalue weighted by atomic mass is 10.0. The summed E-state index contributed by atoms with van der Waals surface area (Å²) in [6.45, 7) is 2.16. The fourth-order valence-corrected chi connectivity index (χ4v) is 2.17. The molecule has 0 aliphatic heterocycles. The van der Waals surface area contributed by atoms with Crippen LogP contribution in [0.4, 0.5) is 0 Å². The molecule has 3 rings (SSSR count). The number of aromatic nitrogens is 2. The van der Waals surface area contributed by atoms with Gasteiger partial charge in [-0.2, -0.15) is 0 Å². The Kier molecular flexibility index (Phi) is 3.60. The van der Waals surface area contributed by atoms with Gasteiger partial charge in [-0.25, -0.2) is 4.79 Å². The average Bonchev–Trinajstić information content (AvgIpc) is 2.55. The highest BCUT2D eigenvalue weighted by atomic mass is 16.5. The summed E-state index contributed by atoms with van der Waals surface area (Å²) in [6, 6.07) is 11.2. The van der Waals surface area contributed by atoms with Crippen molar-refractivity contribution < 1.29 is 9.53 Å². The van der Waals surface area contributed by atoms with Gasteiger partial charge in [0.05, 0.1) is 17.7 Å². The van der Waals surface area contributed by atoms with Crippen LogP contribution in [-0.2, 0) is 4.74 Å². The van der Waals surface area contributed by atoms with E-state index < -0.39 is 0 Å². The normalized spacial score (nSPS) is 10.5. The number of nitrogens with zero attached hydrogens (tertiary/aromatic N) is 2. The molecule has 0 fully saturated rings. The maximum Gasteiger partial charge on any atom is 0.338 e. The lowest BCUT2D eigenvalue weighted by Gasteiger charge is -2.06. The Bertz CT molecular complexity index is 799. The van der Waals surface area contributed by atoms with E-state index in [1.807, 2.05) is 30.3 Å². The van der Waals surface area contributed by atoms with Gasteiger partial charge in [0.15, 0.2) is 0 Å². The van der Waals surface area contributed by atoms with Crippen LogP contribution in [0.15, 0.2) is 55.0 Å². The molecule has 0 aliphatic rings. The van der Waals surface area contributed by atoms with Crippen molar-refractivity contribution in [1.82, 2.24) is 9.97 Å². The number of pyridine rings is 2. The van der Waals surface area contributed by atoms with E-state index in [1.165, 1.54) is 0 Å². The molecule has 2 aromatic heterocycles. The van der Waals surface area contributed by atoms with Gasteiger partial charge in [-0.3, -0.25) is 9.97 Å². The monoisotopic (exact) mass is 278 g/mol. The van der Waals surface area contributed by atoms with E-state index in [9.17, 15) is 4.79 Å². The van der Waals surface area contributed by atoms with Crippen LogP contribution in [0.25, 0.3) is 22.0 Å². The minimum atomic E-state index is -0.310. The quantitative estimate of drug-likeness (QED) is 0.688. The smallest absolute Gasteiger partial charge is 0.338 e. The Morgan fingerprint density at radius 2 is 2.05 bits per heavy atom. The predicted octanol–water partition coefficient (Wildman–Crippen LogP) is 3.47. The second-order valence-electron chi connectivity index (χ2n) is 4.59. The molecule has 0 atom stereocenters. The highest BCUT2D eigenvalue weighted by Crippen LogP contribution is 2.23. The number of hydrogen-bond acceptors (Lipinski definition) is 4. The summed E-state index contributed by atoms with van der Waals surface area (Å²) in [5, 5.41) is 0.969. The van der Waals surface area contributed by atoms with Crippen LogP contribution in [0.1, 0.15) is 17.3 Å². The number of benzene rings is 1. The average molecular weight is 278 g/mol. The molecule has 2 heterocycles. The first-order valence-electron chi connectivity index (χ1n) is 6.75. The molecule has 0 bridgehead atoms. The molecule has 0 spiro atoms. The third-order valence-corrected chi connectivity index (χ3v) is 3.19. The Hall–Kier alpha value is -2.75. The molecule has 0 saturated carbocycles. The molecule has 0 radical (unpaired) electrons. The van der Waals surface area contributed by atoms with Gasteiger partial charge in [0.1, 0.15) is 0 Å². The molecule has 1 aromatic carbocycles. The van der Waals surface area contributed by atoms with Crippen LogP contribution in [0.5, 0.6) is 0 Å². The zero-order valence-electron chi connectivity index (χ0n) is 11.6. The number of carbonyl (C=O) groups excluding carboxylic acids is 1. The minimum Gasteiger partial charge on any atom is -0.462 e. The van der Waals surface area contributed by atoms with Crippen molar-refractivity contribution in [3.63, 3.8) is 0 Å². The first-order chi connectivity index (χ1) is 10.3. The fourth-order valence-electron chi connectivity index (χ4n) is 2.17. The van der Waals surface area contributed by atoms with Crippen LogP contribution in [0, 0.1) is 0 Å². The minimum absolute atomic E-state index is 0.310. The first kappa shape index (κ1) is 13.2. The molecule has 0 amide bonds. The zero-order chi connectivity index (χ0) is 14.7. The van der Waals surface area contributed by atoms with E-state index in [1.54, 1.807) is 31.6 Å². The number of carbonyl (C=O) groups is 1. The summed E-state index contributed by atoms with van der Waals surface area (Å²) >= 11 is 0. The van der Waals surface area contributed by atoms with E-state index in [0.717, 1.165) is 22.0 Å². The summed E-state index contributed by atoms with van der Waals surface area (Å²) in [6.07, 6.45) is 5.30. The second kappa shape index (κ2) is 5.71. The van der Waals surface area contributed by atoms with Crippen LogP contribution in [0.3, 0.4) is 0 Å². The number of esters is 1. The maximum atomic E-state index is 11.8. The van der Waals surface area contributed by atoms with Crippen molar-refractivity contribution >= 4 is 16.9 Å². The van der Waals surface area contributed by atoms with Crippen LogP contribution >= 0.6 is 0 Å². The largest absolute Gasteiger partial charge is 0.462 e. The summed E-state index contributed by atoms with van der Waals surface area (Å²) in [7, 11) is 0.